The van der Waals surface area contributed by atoms with Gasteiger partial charge in [-0.15, -0.1) is 0 Å². The molecule has 2 heterocycles. The second kappa shape index (κ2) is 8.72. The van der Waals surface area contributed by atoms with Gasteiger partial charge in [0.15, 0.2) is 0 Å². The van der Waals surface area contributed by atoms with Gasteiger partial charge in [-0.25, -0.2) is 4.79 Å². The zero-order valence-corrected chi connectivity index (χ0v) is 15.1. The van der Waals surface area contributed by atoms with Gasteiger partial charge < -0.3 is 15.1 Å². The van der Waals surface area contributed by atoms with Crippen LogP contribution in [0.25, 0.3) is 0 Å². The quantitative estimate of drug-likeness (QED) is 0.874. The van der Waals surface area contributed by atoms with E-state index in [4.69, 9.17) is 11.6 Å². The summed E-state index contributed by atoms with van der Waals surface area (Å²) in [5.74, 6) is 0.735. The normalized spacial score (nSPS) is 20.6. The van der Waals surface area contributed by atoms with Crippen molar-refractivity contribution in [3.05, 3.63) is 29.3 Å². The molecule has 0 atom stereocenters. The number of nitrogens with zero attached hydrogens (tertiary/aromatic N) is 2. The average molecular weight is 350 g/mol. The van der Waals surface area contributed by atoms with Gasteiger partial charge >= 0.3 is 6.03 Å². The van der Waals surface area contributed by atoms with Gasteiger partial charge in [0.2, 0.25) is 0 Å². The van der Waals surface area contributed by atoms with E-state index in [1.165, 1.54) is 45.3 Å². The van der Waals surface area contributed by atoms with Crippen molar-refractivity contribution in [2.75, 3.05) is 38.0 Å². The number of urea groups is 1. The molecule has 4 nitrogen and oxygen atoms in total. The molecule has 24 heavy (non-hydrogen) atoms. The molecule has 0 bridgehead atoms. The highest BCUT2D eigenvalue weighted by Crippen LogP contribution is 2.22. The van der Waals surface area contributed by atoms with Crippen LogP contribution in [0.4, 0.5) is 10.5 Å². The molecule has 2 saturated heterocycles. The van der Waals surface area contributed by atoms with Crippen LogP contribution in [0.1, 0.15) is 38.5 Å². The Kier molecular flexibility index (Phi) is 6.38. The Morgan fingerprint density at radius 3 is 2.46 bits per heavy atom. The number of hydrogen-bond donors (Lipinski definition) is 1. The van der Waals surface area contributed by atoms with E-state index in [1.54, 1.807) is 6.07 Å². The third-order valence-corrected chi connectivity index (χ3v) is 5.43. The Bertz CT molecular complexity index is 535. The summed E-state index contributed by atoms with van der Waals surface area (Å²) in [4.78, 5) is 17.0. The van der Waals surface area contributed by atoms with E-state index in [0.29, 0.717) is 5.02 Å². The van der Waals surface area contributed by atoms with Crippen molar-refractivity contribution in [1.29, 1.82) is 0 Å². The highest BCUT2D eigenvalue weighted by Gasteiger charge is 2.24. The summed E-state index contributed by atoms with van der Waals surface area (Å²) in [6, 6.07) is 7.31. The molecule has 0 aliphatic carbocycles. The Hall–Kier alpha value is -1.26. The zero-order chi connectivity index (χ0) is 16.8. The monoisotopic (exact) mass is 349 g/mol. The van der Waals surface area contributed by atoms with E-state index in [0.717, 1.165) is 37.5 Å². The average Bonchev–Trinajstić information content (AvgIpc) is 2.84. The maximum atomic E-state index is 12.4. The van der Waals surface area contributed by atoms with Gasteiger partial charge in [-0.1, -0.05) is 30.5 Å². The van der Waals surface area contributed by atoms with Gasteiger partial charge in [0.05, 0.1) is 0 Å². The number of amides is 2. The summed E-state index contributed by atoms with van der Waals surface area (Å²) in [7, 11) is 0. The first-order valence-corrected chi connectivity index (χ1v) is 9.62. The molecule has 2 fully saturated rings. The Balaban J connectivity index is 1.43. The van der Waals surface area contributed by atoms with Crippen LogP contribution in [0.3, 0.4) is 0 Å². The van der Waals surface area contributed by atoms with Crippen molar-refractivity contribution < 1.29 is 4.79 Å². The van der Waals surface area contributed by atoms with Crippen LogP contribution < -0.4 is 5.32 Å². The fourth-order valence-corrected chi connectivity index (χ4v) is 3.96. The third-order valence-electron chi connectivity index (χ3n) is 5.19. The zero-order valence-electron chi connectivity index (χ0n) is 14.3. The lowest BCUT2D eigenvalue weighted by atomic mass is 9.96. The maximum absolute atomic E-state index is 12.4. The molecule has 1 aromatic carbocycles. The number of benzene rings is 1. The van der Waals surface area contributed by atoms with Gasteiger partial charge in [-0.2, -0.15) is 0 Å². The summed E-state index contributed by atoms with van der Waals surface area (Å²) in [5, 5.41) is 3.59. The largest absolute Gasteiger partial charge is 0.325 e. The number of hydrogen-bond acceptors (Lipinski definition) is 2. The number of piperidine rings is 1. The minimum absolute atomic E-state index is 0.00881. The van der Waals surface area contributed by atoms with Gasteiger partial charge in [0.25, 0.3) is 0 Å². The number of likely N-dealkylation sites (tertiary alicyclic amines) is 2. The highest BCUT2D eigenvalue weighted by atomic mass is 35.5. The molecule has 1 aromatic rings. The fourth-order valence-electron chi connectivity index (χ4n) is 3.77. The van der Waals surface area contributed by atoms with E-state index < -0.39 is 0 Å². The minimum atomic E-state index is -0.00881. The second-order valence-electron chi connectivity index (χ2n) is 7.09. The van der Waals surface area contributed by atoms with E-state index in [1.807, 2.05) is 23.1 Å². The van der Waals surface area contributed by atoms with Gasteiger partial charge in [0, 0.05) is 30.3 Å². The van der Waals surface area contributed by atoms with Crippen LogP contribution >= 0.6 is 11.6 Å². The topological polar surface area (TPSA) is 35.6 Å². The molecule has 3 rings (SSSR count). The Morgan fingerprint density at radius 1 is 1.08 bits per heavy atom. The van der Waals surface area contributed by atoms with Crippen molar-refractivity contribution in [2.45, 2.75) is 38.5 Å². The Morgan fingerprint density at radius 2 is 1.79 bits per heavy atom. The molecule has 0 aromatic heterocycles. The number of rotatable bonds is 3. The lowest BCUT2D eigenvalue weighted by molar-refractivity contribution is 0.155. The van der Waals surface area contributed by atoms with Crippen molar-refractivity contribution in [2.24, 2.45) is 5.92 Å². The molecular weight excluding hydrogens is 322 g/mol. The first-order valence-electron chi connectivity index (χ1n) is 9.24. The number of halogens is 1. The lowest BCUT2D eigenvalue weighted by Gasteiger charge is -2.34. The molecule has 0 unspecified atom stereocenters. The summed E-state index contributed by atoms with van der Waals surface area (Å²) < 4.78 is 0. The van der Waals surface area contributed by atoms with Gasteiger partial charge in [-0.3, -0.25) is 0 Å². The van der Waals surface area contributed by atoms with Gasteiger partial charge in [0.1, 0.15) is 0 Å². The summed E-state index contributed by atoms with van der Waals surface area (Å²) in [5.41, 5.74) is 0.763. The first kappa shape index (κ1) is 17.6. The summed E-state index contributed by atoms with van der Waals surface area (Å²) in [6.45, 7) is 5.44. The fraction of sp³-hybridized carbons (Fsp3) is 0.632. The van der Waals surface area contributed by atoms with Crippen LogP contribution in [-0.2, 0) is 0 Å². The van der Waals surface area contributed by atoms with Crippen molar-refractivity contribution >= 4 is 23.3 Å². The molecule has 0 radical (unpaired) electrons. The lowest BCUT2D eigenvalue weighted by Crippen LogP contribution is -2.43. The number of carbonyl (C=O) groups is 1. The van der Waals surface area contributed by atoms with Crippen molar-refractivity contribution in [1.82, 2.24) is 9.80 Å². The van der Waals surface area contributed by atoms with Crippen LogP contribution in [0.5, 0.6) is 0 Å². The number of anilines is 1. The predicted octanol–water partition coefficient (Wildman–Crippen LogP) is 4.46. The smallest absolute Gasteiger partial charge is 0.321 e. The standard InChI is InChI=1S/C19H28ClN3O/c20-17-6-5-7-18(14-17)21-19(24)23-12-8-16(9-13-23)15-22-10-3-1-2-4-11-22/h5-7,14,16H,1-4,8-13,15H2,(H,21,24). The molecule has 0 spiro atoms. The van der Waals surface area contributed by atoms with Crippen LogP contribution in [0, 0.1) is 5.92 Å². The van der Waals surface area contributed by atoms with E-state index in [9.17, 15) is 4.79 Å². The second-order valence-corrected chi connectivity index (χ2v) is 7.52. The predicted molar refractivity (Wildman–Crippen MR) is 99.7 cm³/mol. The van der Waals surface area contributed by atoms with Crippen LogP contribution in [0.15, 0.2) is 24.3 Å². The molecule has 0 saturated carbocycles. The SMILES string of the molecule is O=C(Nc1cccc(Cl)c1)N1CCC(CN2CCCCCC2)CC1. The minimum Gasteiger partial charge on any atom is -0.325 e. The Labute approximate surface area is 150 Å². The van der Waals surface area contributed by atoms with E-state index in [-0.39, 0.29) is 6.03 Å². The molecule has 2 amide bonds. The number of carbonyl (C=O) groups excluding carboxylic acids is 1. The molecule has 2 aliphatic heterocycles. The molecule has 2 aliphatic rings. The third kappa shape index (κ3) is 5.12. The van der Waals surface area contributed by atoms with E-state index in [2.05, 4.69) is 10.2 Å². The highest BCUT2D eigenvalue weighted by molar-refractivity contribution is 6.30. The van der Waals surface area contributed by atoms with E-state index >= 15 is 0 Å². The molecular formula is C19H28ClN3O. The van der Waals surface area contributed by atoms with Crippen molar-refractivity contribution in [3.63, 3.8) is 0 Å². The number of nitrogens with one attached hydrogen (secondary N) is 1. The van der Waals surface area contributed by atoms with Crippen molar-refractivity contribution in [3.8, 4) is 0 Å². The van der Waals surface area contributed by atoms with Gasteiger partial charge in [-0.05, 0) is 62.9 Å². The van der Waals surface area contributed by atoms with Crippen LogP contribution in [0.2, 0.25) is 5.02 Å². The van der Waals surface area contributed by atoms with Crippen LogP contribution in [-0.4, -0.2) is 48.6 Å². The first-order chi connectivity index (χ1) is 11.7. The molecule has 1 N–H and O–H groups in total. The molecule has 5 heteroatoms. The molecule has 132 valence electrons. The summed E-state index contributed by atoms with van der Waals surface area (Å²) >= 11 is 5.97. The maximum Gasteiger partial charge on any atom is 0.321 e. The summed E-state index contributed by atoms with van der Waals surface area (Å²) in [6.07, 6.45) is 7.69.